The van der Waals surface area contributed by atoms with Crippen LogP contribution < -0.4 is 19.5 Å². The van der Waals surface area contributed by atoms with E-state index in [9.17, 15) is 4.79 Å². The first-order chi connectivity index (χ1) is 13.0. The molecule has 5 nitrogen and oxygen atoms in total. The molecule has 1 heterocycles. The molecule has 1 N–H and O–H groups in total. The van der Waals surface area contributed by atoms with E-state index in [0.29, 0.717) is 19.1 Å². The third-order valence-corrected chi connectivity index (χ3v) is 4.64. The van der Waals surface area contributed by atoms with Crippen LogP contribution in [0.5, 0.6) is 17.2 Å². The van der Waals surface area contributed by atoms with E-state index in [1.807, 2.05) is 49.4 Å². The van der Waals surface area contributed by atoms with E-state index >= 15 is 0 Å². The van der Waals surface area contributed by atoms with E-state index in [4.69, 9.17) is 14.2 Å². The van der Waals surface area contributed by atoms with Gasteiger partial charge in [-0.15, -0.1) is 0 Å². The summed E-state index contributed by atoms with van der Waals surface area (Å²) in [5, 5.41) is 3.01. The van der Waals surface area contributed by atoms with Gasteiger partial charge in [-0.3, -0.25) is 4.79 Å². The minimum absolute atomic E-state index is 0.157. The number of hydrogen-bond donors (Lipinski definition) is 1. The number of amides is 1. The summed E-state index contributed by atoms with van der Waals surface area (Å²) in [7, 11) is 0. The van der Waals surface area contributed by atoms with E-state index in [2.05, 4.69) is 19.2 Å². The number of carbonyl (C=O) groups is 1. The molecule has 2 aromatic rings. The topological polar surface area (TPSA) is 56.8 Å². The van der Waals surface area contributed by atoms with Gasteiger partial charge in [0.1, 0.15) is 19.0 Å². The Balaban J connectivity index is 1.64. The molecular weight excluding hydrogens is 342 g/mol. The molecular formula is C22H27NO4. The van der Waals surface area contributed by atoms with E-state index in [1.165, 1.54) is 0 Å². The van der Waals surface area contributed by atoms with Crippen molar-refractivity contribution in [2.24, 2.45) is 0 Å². The lowest BCUT2D eigenvalue weighted by Crippen LogP contribution is -2.38. The number of fused-ring (bicyclic) bond motifs is 1. The van der Waals surface area contributed by atoms with Crippen LogP contribution in [0.1, 0.15) is 50.8 Å². The number of carbonyl (C=O) groups excluding carboxylic acids is 1. The van der Waals surface area contributed by atoms with Gasteiger partial charge in [0.05, 0.1) is 6.04 Å². The number of rotatable bonds is 6. The summed E-state index contributed by atoms with van der Waals surface area (Å²) in [4.78, 5) is 12.6. The Kier molecular flexibility index (Phi) is 5.89. The van der Waals surface area contributed by atoms with Crippen LogP contribution in [-0.4, -0.2) is 25.2 Å². The zero-order valence-electron chi connectivity index (χ0n) is 16.3. The Morgan fingerprint density at radius 3 is 2.44 bits per heavy atom. The minimum atomic E-state index is -0.593. The second kappa shape index (κ2) is 8.33. The van der Waals surface area contributed by atoms with Gasteiger partial charge in [-0.25, -0.2) is 0 Å². The van der Waals surface area contributed by atoms with Gasteiger partial charge in [-0.05, 0) is 49.1 Å². The van der Waals surface area contributed by atoms with Gasteiger partial charge in [0.25, 0.3) is 5.91 Å². The van der Waals surface area contributed by atoms with Crippen molar-refractivity contribution in [3.8, 4) is 17.2 Å². The Morgan fingerprint density at radius 1 is 1.00 bits per heavy atom. The van der Waals surface area contributed by atoms with Crippen molar-refractivity contribution in [3.05, 3.63) is 53.6 Å². The Morgan fingerprint density at radius 2 is 1.70 bits per heavy atom. The molecule has 2 atom stereocenters. The van der Waals surface area contributed by atoms with Crippen LogP contribution >= 0.6 is 0 Å². The van der Waals surface area contributed by atoms with Crippen LogP contribution in [0, 0.1) is 0 Å². The summed E-state index contributed by atoms with van der Waals surface area (Å²) in [5.41, 5.74) is 2.06. The average Bonchev–Trinajstić information content (AvgIpc) is 2.67. The van der Waals surface area contributed by atoms with Gasteiger partial charge < -0.3 is 19.5 Å². The first-order valence-corrected chi connectivity index (χ1v) is 9.41. The third kappa shape index (κ3) is 4.54. The molecule has 0 unspecified atom stereocenters. The number of para-hydroxylation sites is 1. The highest BCUT2D eigenvalue weighted by atomic mass is 16.6. The lowest BCUT2D eigenvalue weighted by molar-refractivity contribution is -0.127. The van der Waals surface area contributed by atoms with Crippen LogP contribution in [0.15, 0.2) is 42.5 Å². The van der Waals surface area contributed by atoms with Crippen molar-refractivity contribution < 1.29 is 19.0 Å². The Bertz CT molecular complexity index is 803. The highest BCUT2D eigenvalue weighted by Gasteiger charge is 2.21. The van der Waals surface area contributed by atoms with Crippen LogP contribution in [0.2, 0.25) is 0 Å². The largest absolute Gasteiger partial charge is 0.486 e. The molecule has 0 aliphatic carbocycles. The number of hydrogen-bond acceptors (Lipinski definition) is 4. The second-order valence-corrected chi connectivity index (χ2v) is 7.09. The predicted octanol–water partition coefficient (Wildman–Crippen LogP) is 4.23. The lowest BCUT2D eigenvalue weighted by Gasteiger charge is -2.23. The maximum atomic E-state index is 12.6. The first kappa shape index (κ1) is 19.1. The minimum Gasteiger partial charge on any atom is -0.486 e. The predicted molar refractivity (Wildman–Crippen MR) is 105 cm³/mol. The molecule has 1 aliphatic heterocycles. The van der Waals surface area contributed by atoms with E-state index in [1.54, 1.807) is 6.92 Å². The van der Waals surface area contributed by atoms with Gasteiger partial charge in [-0.2, -0.15) is 0 Å². The van der Waals surface area contributed by atoms with E-state index in [0.717, 1.165) is 28.4 Å². The SMILES string of the molecule is CC(C)c1ccccc1O[C@H](C)C(=O)N[C@H](C)c1ccc2c(c1)OCCO2. The molecule has 2 aromatic carbocycles. The highest BCUT2D eigenvalue weighted by Crippen LogP contribution is 2.32. The fourth-order valence-corrected chi connectivity index (χ4v) is 3.05. The standard InChI is InChI=1S/C22H27NO4/c1-14(2)18-7-5-6-8-19(18)27-16(4)22(24)23-15(3)17-9-10-20-21(13-17)26-12-11-25-20/h5-10,13-16H,11-12H2,1-4H3,(H,23,24)/t15-,16-/m1/s1. The summed E-state index contributed by atoms with van der Waals surface area (Å²) in [6.45, 7) is 9.03. The fraction of sp³-hybridized carbons (Fsp3) is 0.409. The van der Waals surface area contributed by atoms with Crippen LogP contribution in [0.4, 0.5) is 0 Å². The maximum Gasteiger partial charge on any atom is 0.261 e. The van der Waals surface area contributed by atoms with E-state index < -0.39 is 6.10 Å². The van der Waals surface area contributed by atoms with Gasteiger partial charge in [0.2, 0.25) is 0 Å². The number of ether oxygens (including phenoxy) is 3. The quantitative estimate of drug-likeness (QED) is 0.828. The van der Waals surface area contributed by atoms with Gasteiger partial charge >= 0.3 is 0 Å². The average molecular weight is 369 g/mol. The van der Waals surface area contributed by atoms with Crippen LogP contribution in [0.3, 0.4) is 0 Å². The normalized spacial score (nSPS) is 15.1. The second-order valence-electron chi connectivity index (χ2n) is 7.09. The highest BCUT2D eigenvalue weighted by molar-refractivity contribution is 5.81. The molecule has 0 aromatic heterocycles. The first-order valence-electron chi connectivity index (χ1n) is 9.41. The van der Waals surface area contributed by atoms with E-state index in [-0.39, 0.29) is 11.9 Å². The van der Waals surface area contributed by atoms with Crippen LogP contribution in [-0.2, 0) is 4.79 Å². The molecule has 0 bridgehead atoms. The molecule has 3 rings (SSSR count). The molecule has 0 saturated carbocycles. The molecule has 0 fully saturated rings. The Hall–Kier alpha value is -2.69. The zero-order valence-corrected chi connectivity index (χ0v) is 16.3. The molecule has 0 spiro atoms. The molecule has 27 heavy (non-hydrogen) atoms. The van der Waals surface area contributed by atoms with Crippen molar-refractivity contribution >= 4 is 5.91 Å². The smallest absolute Gasteiger partial charge is 0.261 e. The van der Waals surface area contributed by atoms with Gasteiger partial charge in [0.15, 0.2) is 17.6 Å². The van der Waals surface area contributed by atoms with Crippen molar-refractivity contribution in [1.29, 1.82) is 0 Å². The van der Waals surface area contributed by atoms with Gasteiger partial charge in [-0.1, -0.05) is 38.1 Å². The molecule has 144 valence electrons. The number of benzene rings is 2. The zero-order chi connectivity index (χ0) is 19.4. The van der Waals surface area contributed by atoms with Crippen molar-refractivity contribution in [1.82, 2.24) is 5.32 Å². The fourth-order valence-electron chi connectivity index (χ4n) is 3.05. The molecule has 1 amide bonds. The summed E-state index contributed by atoms with van der Waals surface area (Å²) in [5.74, 6) is 2.38. The number of nitrogens with one attached hydrogen (secondary N) is 1. The monoisotopic (exact) mass is 369 g/mol. The summed E-state index contributed by atoms with van der Waals surface area (Å²) >= 11 is 0. The maximum absolute atomic E-state index is 12.6. The van der Waals surface area contributed by atoms with Crippen molar-refractivity contribution in [3.63, 3.8) is 0 Å². The molecule has 0 saturated heterocycles. The summed E-state index contributed by atoms with van der Waals surface area (Å²) < 4.78 is 17.1. The summed E-state index contributed by atoms with van der Waals surface area (Å²) in [6.07, 6.45) is -0.593. The molecule has 1 aliphatic rings. The van der Waals surface area contributed by atoms with Crippen LogP contribution in [0.25, 0.3) is 0 Å². The molecule has 5 heteroatoms. The molecule has 0 radical (unpaired) electrons. The Labute approximate surface area is 160 Å². The van der Waals surface area contributed by atoms with Crippen molar-refractivity contribution in [2.75, 3.05) is 13.2 Å². The summed E-state index contributed by atoms with van der Waals surface area (Å²) in [6, 6.07) is 13.4. The van der Waals surface area contributed by atoms with Crippen molar-refractivity contribution in [2.45, 2.75) is 45.8 Å². The van der Waals surface area contributed by atoms with Gasteiger partial charge in [0, 0.05) is 0 Å². The third-order valence-electron chi connectivity index (χ3n) is 4.64. The lowest BCUT2D eigenvalue weighted by atomic mass is 10.0.